The standard InChI is InChI=1S/C12H17N3O2/c1-16-11-8-10(15-5-3-4-6-15)12(17-2)7-9(11)14-13/h8H,3-7H2,1-2H3. The normalized spacial score (nSPS) is 20.2. The summed E-state index contributed by atoms with van der Waals surface area (Å²) in [6.45, 7) is 2.09. The van der Waals surface area contributed by atoms with Gasteiger partial charge in [0.2, 0.25) is 5.76 Å². The molecular formula is C12H17N3O2. The van der Waals surface area contributed by atoms with Crippen LogP contribution in [0.1, 0.15) is 19.3 Å². The van der Waals surface area contributed by atoms with Crippen LogP contribution in [0, 0.1) is 0 Å². The predicted octanol–water partition coefficient (Wildman–Crippen LogP) is 1.54. The van der Waals surface area contributed by atoms with Gasteiger partial charge in [0.25, 0.3) is 0 Å². The van der Waals surface area contributed by atoms with Crippen LogP contribution < -0.4 is 0 Å². The number of hydrogen-bond acceptors (Lipinski definition) is 3. The fourth-order valence-electron chi connectivity index (χ4n) is 2.28. The molecular weight excluding hydrogens is 218 g/mol. The smallest absolute Gasteiger partial charge is 0.340 e. The molecule has 1 saturated heterocycles. The van der Waals surface area contributed by atoms with E-state index in [-0.39, 0.29) is 0 Å². The summed E-state index contributed by atoms with van der Waals surface area (Å²) in [5.74, 6) is 1.44. The number of ether oxygens (including phenoxy) is 2. The Morgan fingerprint density at radius 1 is 1.24 bits per heavy atom. The van der Waals surface area contributed by atoms with Crippen LogP contribution in [0.25, 0.3) is 5.53 Å². The van der Waals surface area contributed by atoms with E-state index in [1.807, 2.05) is 6.08 Å². The summed E-state index contributed by atoms with van der Waals surface area (Å²) in [5, 5.41) is 0. The molecule has 1 aliphatic heterocycles. The molecule has 0 aromatic carbocycles. The van der Waals surface area contributed by atoms with Gasteiger partial charge >= 0.3 is 5.71 Å². The molecule has 17 heavy (non-hydrogen) atoms. The maximum absolute atomic E-state index is 8.93. The van der Waals surface area contributed by atoms with Crippen LogP contribution in [0.15, 0.2) is 23.3 Å². The van der Waals surface area contributed by atoms with E-state index in [4.69, 9.17) is 15.0 Å². The van der Waals surface area contributed by atoms with Crippen molar-refractivity contribution in [2.75, 3.05) is 27.3 Å². The first-order valence-corrected chi connectivity index (χ1v) is 5.79. The third kappa shape index (κ3) is 2.19. The van der Waals surface area contributed by atoms with E-state index >= 15 is 0 Å². The predicted molar refractivity (Wildman–Crippen MR) is 63.2 cm³/mol. The lowest BCUT2D eigenvalue weighted by Gasteiger charge is -2.24. The van der Waals surface area contributed by atoms with Gasteiger partial charge in [-0.1, -0.05) is 0 Å². The van der Waals surface area contributed by atoms with Crippen LogP contribution >= 0.6 is 0 Å². The topological polar surface area (TPSA) is 58.1 Å². The van der Waals surface area contributed by atoms with Gasteiger partial charge in [-0.15, -0.1) is 0 Å². The Hall–Kier alpha value is -1.74. The second-order valence-electron chi connectivity index (χ2n) is 4.14. The van der Waals surface area contributed by atoms with Crippen LogP contribution in [0.5, 0.6) is 0 Å². The Balaban J connectivity index is 2.36. The van der Waals surface area contributed by atoms with Gasteiger partial charge in [-0.05, 0) is 12.8 Å². The summed E-state index contributed by atoms with van der Waals surface area (Å²) in [4.78, 5) is 5.53. The summed E-state index contributed by atoms with van der Waals surface area (Å²) in [6.07, 6.45) is 4.77. The second-order valence-corrected chi connectivity index (χ2v) is 4.14. The molecule has 0 radical (unpaired) electrons. The van der Waals surface area contributed by atoms with Crippen molar-refractivity contribution in [3.8, 4) is 0 Å². The molecule has 1 aliphatic carbocycles. The summed E-state index contributed by atoms with van der Waals surface area (Å²) in [5.41, 5.74) is 10.5. The van der Waals surface area contributed by atoms with Crippen molar-refractivity contribution in [3.05, 3.63) is 28.8 Å². The summed E-state index contributed by atoms with van der Waals surface area (Å²) < 4.78 is 10.6. The maximum atomic E-state index is 8.93. The molecule has 5 heteroatoms. The highest BCUT2D eigenvalue weighted by molar-refractivity contribution is 5.97. The van der Waals surface area contributed by atoms with E-state index in [2.05, 4.69) is 9.69 Å². The van der Waals surface area contributed by atoms with Crippen molar-refractivity contribution in [2.45, 2.75) is 19.3 Å². The number of nitrogens with zero attached hydrogens (tertiary/aromatic N) is 3. The minimum Gasteiger partial charge on any atom is -0.498 e. The molecule has 1 fully saturated rings. The van der Waals surface area contributed by atoms with E-state index in [0.29, 0.717) is 17.9 Å². The van der Waals surface area contributed by atoms with Gasteiger partial charge in [0, 0.05) is 19.2 Å². The molecule has 0 atom stereocenters. The molecule has 5 nitrogen and oxygen atoms in total. The largest absolute Gasteiger partial charge is 0.498 e. The number of likely N-dealkylation sites (tertiary alicyclic amines) is 1. The highest BCUT2D eigenvalue weighted by atomic mass is 16.5. The number of hydrogen-bond donors (Lipinski definition) is 0. The fourth-order valence-corrected chi connectivity index (χ4v) is 2.28. The minimum atomic E-state index is 0.471. The monoisotopic (exact) mass is 235 g/mol. The lowest BCUT2D eigenvalue weighted by Crippen LogP contribution is -2.25. The highest BCUT2D eigenvalue weighted by Gasteiger charge is 2.30. The van der Waals surface area contributed by atoms with Gasteiger partial charge in [-0.3, -0.25) is 0 Å². The lowest BCUT2D eigenvalue weighted by molar-refractivity contribution is -0.0125. The van der Waals surface area contributed by atoms with Gasteiger partial charge in [0.05, 0.1) is 19.9 Å². The summed E-state index contributed by atoms with van der Waals surface area (Å²) in [6, 6.07) is 0. The Morgan fingerprint density at radius 3 is 2.47 bits per heavy atom. The van der Waals surface area contributed by atoms with Gasteiger partial charge in [-0.2, -0.15) is 4.79 Å². The van der Waals surface area contributed by atoms with Gasteiger partial charge in [-0.25, -0.2) is 0 Å². The molecule has 0 aromatic heterocycles. The Kier molecular flexibility index (Phi) is 3.49. The van der Waals surface area contributed by atoms with Crippen LogP contribution in [0.4, 0.5) is 0 Å². The van der Waals surface area contributed by atoms with Gasteiger partial charge in [0.1, 0.15) is 12.2 Å². The molecule has 0 spiro atoms. The molecule has 2 rings (SSSR count). The first-order chi connectivity index (χ1) is 8.30. The molecule has 0 saturated carbocycles. The van der Waals surface area contributed by atoms with E-state index in [1.54, 1.807) is 14.2 Å². The van der Waals surface area contributed by atoms with E-state index < -0.39 is 0 Å². The fraction of sp³-hybridized carbons (Fsp3) is 0.583. The van der Waals surface area contributed by atoms with E-state index in [0.717, 1.165) is 24.5 Å². The van der Waals surface area contributed by atoms with Gasteiger partial charge in [0.15, 0.2) is 0 Å². The zero-order chi connectivity index (χ0) is 12.3. The maximum Gasteiger partial charge on any atom is 0.340 e. The molecule has 0 amide bonds. The SMILES string of the molecule is COC1=CC(N2CCCC2)=C(OC)CC1=[N+]=[N-]. The van der Waals surface area contributed by atoms with Crippen molar-refractivity contribution in [1.29, 1.82) is 0 Å². The van der Waals surface area contributed by atoms with Crippen LogP contribution in [0.3, 0.4) is 0 Å². The number of methoxy groups -OCH3 is 2. The van der Waals surface area contributed by atoms with Gasteiger partial charge < -0.3 is 19.9 Å². The summed E-state index contributed by atoms with van der Waals surface area (Å²) >= 11 is 0. The van der Waals surface area contributed by atoms with Crippen molar-refractivity contribution >= 4 is 5.71 Å². The van der Waals surface area contributed by atoms with Crippen LogP contribution in [-0.4, -0.2) is 42.7 Å². The Bertz CT molecular complexity index is 413. The van der Waals surface area contributed by atoms with Crippen LogP contribution in [0.2, 0.25) is 0 Å². The molecule has 0 bridgehead atoms. The molecule has 2 aliphatic rings. The molecule has 0 unspecified atom stereocenters. The average molecular weight is 235 g/mol. The van der Waals surface area contributed by atoms with Crippen LogP contribution in [-0.2, 0) is 9.47 Å². The molecule has 0 aromatic rings. The average Bonchev–Trinajstić information content (AvgIpc) is 2.90. The summed E-state index contributed by atoms with van der Waals surface area (Å²) in [7, 11) is 3.22. The number of allylic oxidation sites excluding steroid dienone is 3. The van der Waals surface area contributed by atoms with Crippen molar-refractivity contribution in [1.82, 2.24) is 4.90 Å². The Morgan fingerprint density at radius 2 is 1.94 bits per heavy atom. The zero-order valence-electron chi connectivity index (χ0n) is 10.3. The molecule has 92 valence electrons. The molecule has 1 heterocycles. The first-order valence-electron chi connectivity index (χ1n) is 5.79. The second kappa shape index (κ2) is 5.06. The highest BCUT2D eigenvalue weighted by Crippen LogP contribution is 2.27. The zero-order valence-corrected chi connectivity index (χ0v) is 10.3. The van der Waals surface area contributed by atoms with Crippen molar-refractivity contribution in [3.63, 3.8) is 0 Å². The third-order valence-corrected chi connectivity index (χ3v) is 3.20. The third-order valence-electron chi connectivity index (χ3n) is 3.20. The van der Waals surface area contributed by atoms with E-state index in [1.165, 1.54) is 12.8 Å². The van der Waals surface area contributed by atoms with E-state index in [9.17, 15) is 0 Å². The molecule has 0 N–H and O–H groups in total. The lowest BCUT2D eigenvalue weighted by atomic mass is 10.1. The Labute approximate surface area is 101 Å². The quantitative estimate of drug-likeness (QED) is 0.550. The number of rotatable bonds is 3. The first kappa shape index (κ1) is 11.7. The minimum absolute atomic E-state index is 0.471. The van der Waals surface area contributed by atoms with Crippen molar-refractivity contribution < 1.29 is 14.3 Å². The van der Waals surface area contributed by atoms with Crippen molar-refractivity contribution in [2.24, 2.45) is 0 Å².